The molecule has 3 N–H and O–H groups in total. The van der Waals surface area contributed by atoms with E-state index in [1.165, 1.54) is 17.6 Å². The van der Waals surface area contributed by atoms with E-state index in [9.17, 15) is 14.4 Å². The summed E-state index contributed by atoms with van der Waals surface area (Å²) in [6.07, 6.45) is 3.12. The maximum atomic E-state index is 13.1. The number of primary amides is 1. The van der Waals surface area contributed by atoms with Crippen molar-refractivity contribution < 1.29 is 23.9 Å². The Bertz CT molecular complexity index is 1060. The summed E-state index contributed by atoms with van der Waals surface area (Å²) in [6, 6.07) is 16.2. The number of ether oxygens (including phenoxy) is 2. The molecule has 0 aliphatic carbocycles. The van der Waals surface area contributed by atoms with E-state index in [-0.39, 0.29) is 12.5 Å². The molecule has 0 saturated heterocycles. The van der Waals surface area contributed by atoms with Gasteiger partial charge < -0.3 is 20.5 Å². The summed E-state index contributed by atoms with van der Waals surface area (Å²) >= 11 is 0. The van der Waals surface area contributed by atoms with Crippen LogP contribution >= 0.6 is 0 Å². The zero-order chi connectivity index (χ0) is 29.3. The molecule has 0 aliphatic heterocycles. The number of methoxy groups -OCH3 is 1. The van der Waals surface area contributed by atoms with Crippen LogP contribution in [0.15, 0.2) is 48.5 Å². The normalized spacial score (nSPS) is 11.7. The van der Waals surface area contributed by atoms with Crippen molar-refractivity contribution in [1.29, 1.82) is 0 Å². The van der Waals surface area contributed by atoms with Crippen LogP contribution < -0.4 is 11.1 Å². The Kier molecular flexibility index (Phi) is 14.8. The van der Waals surface area contributed by atoms with Crippen LogP contribution in [-0.4, -0.2) is 67.8 Å². The second kappa shape index (κ2) is 18.0. The van der Waals surface area contributed by atoms with Crippen LogP contribution in [0.25, 0.3) is 11.1 Å². The van der Waals surface area contributed by atoms with Gasteiger partial charge in [0.15, 0.2) is 6.17 Å². The molecule has 0 aromatic heterocycles. The number of amides is 2. The molecule has 0 heterocycles. The maximum Gasteiger partial charge on any atom is 0.411 e. The van der Waals surface area contributed by atoms with E-state index < -0.39 is 18.2 Å². The highest BCUT2D eigenvalue weighted by Crippen LogP contribution is 2.25. The van der Waals surface area contributed by atoms with Gasteiger partial charge in [-0.15, -0.1) is 0 Å². The minimum atomic E-state index is -0.909. The van der Waals surface area contributed by atoms with E-state index in [0.717, 1.165) is 55.3 Å². The number of nitrogens with one attached hydrogen (secondary N) is 1. The minimum Gasteiger partial charge on any atom is -0.469 e. The number of rotatable bonds is 18. The third-order valence-electron chi connectivity index (χ3n) is 6.66. The van der Waals surface area contributed by atoms with Crippen molar-refractivity contribution in [2.45, 2.75) is 71.6 Å². The molecule has 2 rings (SSSR count). The number of unbranched alkanes of at least 4 members (excludes halogenated alkanes) is 2. The van der Waals surface area contributed by atoms with Gasteiger partial charge in [0.1, 0.15) is 0 Å². The van der Waals surface area contributed by atoms with Crippen LogP contribution in [0.5, 0.6) is 0 Å². The summed E-state index contributed by atoms with van der Waals surface area (Å²) < 4.78 is 10.2. The standard InChI is InChI=1S/C31H46N4O5/c1-5-7-21-40-31(38)35(30(29(32)37)34(3)20-6-2)23-24-15-17-25(18-16-24)27-13-9-8-12-26(27)22-33-19-11-10-14-28(36)39-4/h8-9,12-13,15-18,30,33H,5-7,10-11,14,19-23H2,1-4H3,(H2,32,37). The Balaban J connectivity index is 2.14. The van der Waals surface area contributed by atoms with E-state index in [0.29, 0.717) is 26.1 Å². The molecule has 40 heavy (non-hydrogen) atoms. The predicted molar refractivity (Wildman–Crippen MR) is 157 cm³/mol. The van der Waals surface area contributed by atoms with Crippen LogP contribution in [-0.2, 0) is 32.2 Å². The fraction of sp³-hybridized carbons (Fsp3) is 0.516. The van der Waals surface area contributed by atoms with Crippen LogP contribution in [0.1, 0.15) is 63.5 Å². The maximum absolute atomic E-state index is 13.1. The van der Waals surface area contributed by atoms with E-state index in [4.69, 9.17) is 10.5 Å². The number of hydrogen-bond donors (Lipinski definition) is 2. The molecular weight excluding hydrogens is 508 g/mol. The van der Waals surface area contributed by atoms with Crippen molar-refractivity contribution in [3.63, 3.8) is 0 Å². The van der Waals surface area contributed by atoms with E-state index in [1.54, 1.807) is 11.9 Å². The molecule has 1 atom stereocenters. The van der Waals surface area contributed by atoms with Gasteiger partial charge in [-0.2, -0.15) is 0 Å². The van der Waals surface area contributed by atoms with Gasteiger partial charge in [0.2, 0.25) is 0 Å². The second-order valence-electron chi connectivity index (χ2n) is 9.92. The third kappa shape index (κ3) is 10.6. The van der Waals surface area contributed by atoms with Gasteiger partial charge in [-0.3, -0.25) is 19.4 Å². The summed E-state index contributed by atoms with van der Waals surface area (Å²) in [5.74, 6) is -0.768. The Morgan fingerprint density at radius 2 is 1.70 bits per heavy atom. The van der Waals surface area contributed by atoms with Gasteiger partial charge in [-0.05, 0) is 68.1 Å². The van der Waals surface area contributed by atoms with E-state index >= 15 is 0 Å². The molecule has 9 nitrogen and oxygen atoms in total. The van der Waals surface area contributed by atoms with E-state index in [1.807, 2.05) is 50.2 Å². The topological polar surface area (TPSA) is 114 Å². The molecule has 0 saturated carbocycles. The lowest BCUT2D eigenvalue weighted by molar-refractivity contribution is -0.140. The SMILES string of the molecule is CCCCOC(=O)N(Cc1ccc(-c2ccccc2CNCCCCC(=O)OC)cc1)C(C(N)=O)N(C)CCC. The molecule has 0 spiro atoms. The van der Waals surface area contributed by atoms with Crippen molar-refractivity contribution in [3.8, 4) is 11.1 Å². The third-order valence-corrected chi connectivity index (χ3v) is 6.66. The largest absolute Gasteiger partial charge is 0.469 e. The Labute approximate surface area is 239 Å². The summed E-state index contributed by atoms with van der Waals surface area (Å²) in [6.45, 7) is 6.65. The highest BCUT2D eigenvalue weighted by atomic mass is 16.6. The molecule has 0 fully saturated rings. The lowest BCUT2D eigenvalue weighted by atomic mass is 9.98. The first-order chi connectivity index (χ1) is 19.3. The van der Waals surface area contributed by atoms with Gasteiger partial charge in [0.05, 0.1) is 20.3 Å². The van der Waals surface area contributed by atoms with Crippen molar-refractivity contribution in [3.05, 3.63) is 59.7 Å². The van der Waals surface area contributed by atoms with Crippen molar-refractivity contribution >= 4 is 18.0 Å². The van der Waals surface area contributed by atoms with Crippen LogP contribution in [0.3, 0.4) is 0 Å². The molecule has 2 amide bonds. The number of carbonyl (C=O) groups excluding carboxylic acids is 3. The highest BCUT2D eigenvalue weighted by Gasteiger charge is 2.32. The summed E-state index contributed by atoms with van der Waals surface area (Å²) in [4.78, 5) is 40.0. The van der Waals surface area contributed by atoms with Gasteiger partial charge in [-0.25, -0.2) is 4.79 Å². The highest BCUT2D eigenvalue weighted by molar-refractivity contribution is 5.84. The lowest BCUT2D eigenvalue weighted by Gasteiger charge is -2.35. The van der Waals surface area contributed by atoms with Crippen LogP contribution in [0.2, 0.25) is 0 Å². The Morgan fingerprint density at radius 1 is 0.975 bits per heavy atom. The smallest absolute Gasteiger partial charge is 0.411 e. The number of likely N-dealkylation sites (N-methyl/N-ethyl adjacent to an activating group) is 1. The Hall–Kier alpha value is -3.43. The second-order valence-corrected chi connectivity index (χ2v) is 9.92. The molecule has 9 heteroatoms. The molecule has 220 valence electrons. The fourth-order valence-electron chi connectivity index (χ4n) is 4.51. The molecule has 1 unspecified atom stereocenters. The van der Waals surface area contributed by atoms with Crippen molar-refractivity contribution in [2.75, 3.05) is 33.9 Å². The first-order valence-corrected chi connectivity index (χ1v) is 14.2. The zero-order valence-corrected chi connectivity index (χ0v) is 24.5. The number of esters is 1. The van der Waals surface area contributed by atoms with Gasteiger partial charge in [-0.1, -0.05) is 68.8 Å². The molecule has 0 bridgehead atoms. The van der Waals surface area contributed by atoms with Gasteiger partial charge in [0.25, 0.3) is 5.91 Å². The first-order valence-electron chi connectivity index (χ1n) is 14.2. The van der Waals surface area contributed by atoms with Crippen molar-refractivity contribution in [1.82, 2.24) is 15.1 Å². The Morgan fingerprint density at radius 3 is 2.35 bits per heavy atom. The number of nitrogens with zero attached hydrogens (tertiary/aromatic N) is 2. The summed E-state index contributed by atoms with van der Waals surface area (Å²) in [5.41, 5.74) is 9.97. The number of benzene rings is 2. The van der Waals surface area contributed by atoms with Gasteiger partial charge in [0, 0.05) is 13.0 Å². The average molecular weight is 555 g/mol. The zero-order valence-electron chi connectivity index (χ0n) is 24.5. The van der Waals surface area contributed by atoms with E-state index in [2.05, 4.69) is 22.2 Å². The fourth-order valence-corrected chi connectivity index (χ4v) is 4.51. The molecule has 0 radical (unpaired) electrons. The first kappa shape index (κ1) is 32.8. The number of hydrogen-bond acceptors (Lipinski definition) is 7. The molecule has 0 aliphatic rings. The lowest BCUT2D eigenvalue weighted by Crippen LogP contribution is -2.56. The van der Waals surface area contributed by atoms with Crippen LogP contribution in [0.4, 0.5) is 4.79 Å². The summed E-state index contributed by atoms with van der Waals surface area (Å²) in [7, 11) is 3.20. The van der Waals surface area contributed by atoms with Crippen LogP contribution in [0, 0.1) is 0 Å². The predicted octanol–water partition coefficient (Wildman–Crippen LogP) is 4.68. The average Bonchev–Trinajstić information content (AvgIpc) is 2.95. The van der Waals surface area contributed by atoms with Gasteiger partial charge >= 0.3 is 12.1 Å². The minimum absolute atomic E-state index is 0.177. The molecular formula is C31H46N4O5. The van der Waals surface area contributed by atoms with Crippen molar-refractivity contribution in [2.24, 2.45) is 5.73 Å². The molecule has 2 aromatic carbocycles. The quantitative estimate of drug-likeness (QED) is 0.156. The molecule has 2 aromatic rings. The summed E-state index contributed by atoms with van der Waals surface area (Å²) in [5, 5.41) is 3.46. The number of nitrogens with two attached hydrogens (primary N) is 1. The monoisotopic (exact) mass is 554 g/mol. The number of carbonyl (C=O) groups is 3.